The highest BCUT2D eigenvalue weighted by Gasteiger charge is 2.27. The second-order valence-corrected chi connectivity index (χ2v) is 4.27. The van der Waals surface area contributed by atoms with Gasteiger partial charge in [-0.3, -0.25) is 0 Å². The third-order valence-electron chi connectivity index (χ3n) is 1.54. The smallest absolute Gasteiger partial charge is 0.200 e. The zero-order valence-electron chi connectivity index (χ0n) is 6.47. The van der Waals surface area contributed by atoms with E-state index in [1.165, 1.54) is 12.8 Å². The molecule has 0 spiro atoms. The van der Waals surface area contributed by atoms with Crippen LogP contribution in [0.1, 0.15) is 18.5 Å². The molecule has 1 aliphatic carbocycles. The van der Waals surface area contributed by atoms with Crippen molar-refractivity contribution in [3.8, 4) is 0 Å². The van der Waals surface area contributed by atoms with Gasteiger partial charge in [0.05, 0.1) is 0 Å². The minimum Gasteiger partial charge on any atom is -0.410 e. The van der Waals surface area contributed by atoms with Crippen LogP contribution in [0, 0.1) is 0 Å². The van der Waals surface area contributed by atoms with Gasteiger partial charge >= 0.3 is 0 Å². The van der Waals surface area contributed by atoms with Crippen LogP contribution in [0.15, 0.2) is 14.8 Å². The molecule has 0 aliphatic heterocycles. The maximum absolute atomic E-state index is 8.42. The van der Waals surface area contributed by atoms with Crippen molar-refractivity contribution in [2.75, 3.05) is 0 Å². The van der Waals surface area contributed by atoms with Gasteiger partial charge in [-0.05, 0) is 23.2 Å². The molecule has 1 N–H and O–H groups in total. The largest absolute Gasteiger partial charge is 0.410 e. The lowest BCUT2D eigenvalue weighted by molar-refractivity contribution is 0.297. The number of nitrogens with zero attached hydrogens (tertiary/aromatic N) is 3. The number of hydrogen-bond donors (Lipinski definition) is 1. The monoisotopic (exact) mass is 219 g/mol. The van der Waals surface area contributed by atoms with Crippen molar-refractivity contribution in [2.24, 2.45) is 5.16 Å². The normalized spacial score (nSPS) is 17.8. The fourth-order valence-electron chi connectivity index (χ4n) is 0.775. The van der Waals surface area contributed by atoms with Crippen LogP contribution in [0.4, 0.5) is 0 Å². The number of oxime groups is 1. The molecular formula is C6H6ClN3O2S. The van der Waals surface area contributed by atoms with Crippen LogP contribution in [-0.4, -0.2) is 25.9 Å². The molecule has 1 aromatic rings. The van der Waals surface area contributed by atoms with Crippen molar-refractivity contribution in [2.45, 2.75) is 23.1 Å². The Morgan fingerprint density at radius 3 is 3.00 bits per heavy atom. The van der Waals surface area contributed by atoms with Crippen molar-refractivity contribution in [1.82, 2.24) is 10.3 Å². The zero-order valence-corrected chi connectivity index (χ0v) is 8.05. The zero-order chi connectivity index (χ0) is 9.26. The van der Waals surface area contributed by atoms with Gasteiger partial charge in [0.2, 0.25) is 0 Å². The molecule has 0 saturated heterocycles. The predicted octanol–water partition coefficient (Wildman–Crippen LogP) is 1.70. The summed E-state index contributed by atoms with van der Waals surface area (Å²) in [7, 11) is 0. The number of halogens is 1. The minimum atomic E-state index is -0.0931. The van der Waals surface area contributed by atoms with Crippen LogP contribution in [-0.2, 0) is 0 Å². The first-order chi connectivity index (χ1) is 6.31. The van der Waals surface area contributed by atoms with E-state index in [0.717, 1.165) is 0 Å². The van der Waals surface area contributed by atoms with Crippen molar-refractivity contribution < 1.29 is 9.84 Å². The van der Waals surface area contributed by atoms with Gasteiger partial charge in [0.15, 0.2) is 15.9 Å². The summed E-state index contributed by atoms with van der Waals surface area (Å²) in [5.74, 6) is 0. The van der Waals surface area contributed by atoms with Crippen LogP contribution < -0.4 is 0 Å². The molecule has 1 aromatic heterocycles. The van der Waals surface area contributed by atoms with Crippen LogP contribution in [0.3, 0.4) is 0 Å². The average Bonchev–Trinajstić information content (AvgIpc) is 2.82. The van der Waals surface area contributed by atoms with Crippen LogP contribution in [0.5, 0.6) is 0 Å². The summed E-state index contributed by atoms with van der Waals surface area (Å²) >= 11 is 7.11. The van der Waals surface area contributed by atoms with E-state index in [2.05, 4.69) is 20.1 Å². The molecule has 1 heterocycles. The number of aromatic nitrogens is 2. The van der Waals surface area contributed by atoms with Gasteiger partial charge in [0.25, 0.3) is 0 Å². The Hall–Kier alpha value is -0.750. The van der Waals surface area contributed by atoms with E-state index in [1.54, 1.807) is 11.8 Å². The highest BCUT2D eigenvalue weighted by Crippen LogP contribution is 2.39. The Morgan fingerprint density at radius 1 is 1.62 bits per heavy atom. The predicted molar refractivity (Wildman–Crippen MR) is 47.4 cm³/mol. The van der Waals surface area contributed by atoms with Crippen molar-refractivity contribution >= 4 is 28.5 Å². The standard InChI is InChI=1S/C6H6ClN3O2S/c7-5(8-11)4-6(10-12-9-4)13-3-1-2-3/h3,11H,1-2H2. The number of hydrogen-bond acceptors (Lipinski definition) is 6. The van der Waals surface area contributed by atoms with E-state index in [4.69, 9.17) is 16.8 Å². The maximum Gasteiger partial charge on any atom is 0.200 e. The summed E-state index contributed by atoms with van der Waals surface area (Å²) in [5.41, 5.74) is 0.307. The fourth-order valence-corrected chi connectivity index (χ4v) is 1.96. The van der Waals surface area contributed by atoms with Crippen LogP contribution >= 0.6 is 23.4 Å². The molecule has 0 atom stereocenters. The molecule has 1 fully saturated rings. The van der Waals surface area contributed by atoms with Crippen molar-refractivity contribution in [1.29, 1.82) is 0 Å². The fraction of sp³-hybridized carbons (Fsp3) is 0.500. The first kappa shape index (κ1) is 8.83. The lowest BCUT2D eigenvalue weighted by atomic mass is 10.5. The van der Waals surface area contributed by atoms with Gasteiger partial charge < -0.3 is 5.21 Å². The van der Waals surface area contributed by atoms with E-state index in [-0.39, 0.29) is 5.17 Å². The van der Waals surface area contributed by atoms with E-state index >= 15 is 0 Å². The van der Waals surface area contributed by atoms with Gasteiger partial charge in [-0.1, -0.05) is 28.5 Å². The van der Waals surface area contributed by atoms with E-state index in [9.17, 15) is 0 Å². The van der Waals surface area contributed by atoms with Gasteiger partial charge in [-0.15, -0.1) is 0 Å². The third kappa shape index (κ3) is 1.94. The van der Waals surface area contributed by atoms with Crippen molar-refractivity contribution in [3.05, 3.63) is 5.69 Å². The van der Waals surface area contributed by atoms with E-state index in [0.29, 0.717) is 16.0 Å². The summed E-state index contributed by atoms with van der Waals surface area (Å²) in [6.45, 7) is 0. The first-order valence-corrected chi connectivity index (χ1v) is 4.94. The molecule has 0 bridgehead atoms. The molecule has 0 unspecified atom stereocenters. The molecule has 2 rings (SSSR count). The Balaban J connectivity index is 2.18. The van der Waals surface area contributed by atoms with Gasteiger partial charge in [-0.2, -0.15) is 0 Å². The van der Waals surface area contributed by atoms with Gasteiger partial charge in [0, 0.05) is 5.25 Å². The highest BCUT2D eigenvalue weighted by atomic mass is 35.5. The topological polar surface area (TPSA) is 71.5 Å². The summed E-state index contributed by atoms with van der Waals surface area (Å²) in [4.78, 5) is 0. The number of thioether (sulfide) groups is 1. The highest BCUT2D eigenvalue weighted by molar-refractivity contribution is 8.00. The van der Waals surface area contributed by atoms with Crippen molar-refractivity contribution in [3.63, 3.8) is 0 Å². The molecular weight excluding hydrogens is 214 g/mol. The summed E-state index contributed by atoms with van der Waals surface area (Å²) in [6, 6.07) is 0. The SMILES string of the molecule is ON=C(Cl)c1nonc1SC1CC1. The lowest BCUT2D eigenvalue weighted by Gasteiger charge is -1.92. The summed E-state index contributed by atoms with van der Waals surface area (Å²) in [5, 5.41) is 19.5. The lowest BCUT2D eigenvalue weighted by Crippen LogP contribution is -1.94. The molecule has 0 aromatic carbocycles. The first-order valence-electron chi connectivity index (χ1n) is 3.68. The third-order valence-corrected chi connectivity index (χ3v) is 3.09. The molecule has 1 aliphatic rings. The second-order valence-electron chi connectivity index (χ2n) is 2.63. The quantitative estimate of drug-likeness (QED) is 0.476. The molecule has 5 nitrogen and oxygen atoms in total. The summed E-state index contributed by atoms with van der Waals surface area (Å²) < 4.78 is 4.50. The minimum absolute atomic E-state index is 0.0931. The summed E-state index contributed by atoms with van der Waals surface area (Å²) in [6.07, 6.45) is 2.34. The molecule has 70 valence electrons. The molecule has 0 amide bonds. The van der Waals surface area contributed by atoms with E-state index in [1.807, 2.05) is 0 Å². The van der Waals surface area contributed by atoms with Crippen LogP contribution in [0.25, 0.3) is 0 Å². The Kier molecular flexibility index (Phi) is 2.41. The Bertz CT molecular complexity index is 336. The van der Waals surface area contributed by atoms with E-state index < -0.39 is 0 Å². The molecule has 7 heteroatoms. The Morgan fingerprint density at radius 2 is 2.38 bits per heavy atom. The van der Waals surface area contributed by atoms with Crippen LogP contribution in [0.2, 0.25) is 0 Å². The average molecular weight is 220 g/mol. The second kappa shape index (κ2) is 3.55. The molecule has 0 radical (unpaired) electrons. The van der Waals surface area contributed by atoms with Gasteiger partial charge in [0.1, 0.15) is 0 Å². The van der Waals surface area contributed by atoms with Gasteiger partial charge in [-0.25, -0.2) is 4.63 Å². The molecule has 13 heavy (non-hydrogen) atoms. The Labute approximate surface area is 83.1 Å². The maximum atomic E-state index is 8.42. The molecule has 1 saturated carbocycles. The number of rotatable bonds is 3.